The number of thioether (sulfide) groups is 1. The van der Waals surface area contributed by atoms with Crippen LogP contribution in [0.25, 0.3) is 0 Å². The molecule has 148 valence electrons. The first-order valence-electron chi connectivity index (χ1n) is 8.15. The molecule has 9 nitrogen and oxygen atoms in total. The third-order valence-electron chi connectivity index (χ3n) is 3.31. The molecule has 3 heterocycles. The summed E-state index contributed by atoms with van der Waals surface area (Å²) >= 11 is 4.44. The minimum Gasteiger partial charge on any atom is -0.481 e. The lowest BCUT2D eigenvalue weighted by molar-refractivity contribution is -0.113. The van der Waals surface area contributed by atoms with E-state index in [9.17, 15) is 4.79 Å². The van der Waals surface area contributed by atoms with Crippen molar-refractivity contribution in [2.45, 2.75) is 10.8 Å². The number of hydrogen-bond donors (Lipinski definition) is 2. The van der Waals surface area contributed by atoms with Crippen molar-refractivity contribution in [1.29, 1.82) is 0 Å². The van der Waals surface area contributed by atoms with E-state index in [4.69, 9.17) is 9.47 Å². The number of aromatic nitrogens is 4. The van der Waals surface area contributed by atoms with Gasteiger partial charge in [0.1, 0.15) is 0 Å². The van der Waals surface area contributed by atoms with Gasteiger partial charge in [-0.2, -0.15) is 9.97 Å². The SMILES string of the molecule is COc1cc(OC)nc(NC(=O)CSc2nnc(NCCc3cccs3)s2)n1. The number of carbonyl (C=O) groups excluding carboxylic acids is 1. The molecular formula is C16H18N6O3S3. The molecule has 0 spiro atoms. The van der Waals surface area contributed by atoms with Crippen LogP contribution in [0, 0.1) is 0 Å². The molecule has 12 heteroatoms. The Balaban J connectivity index is 1.45. The van der Waals surface area contributed by atoms with E-state index in [1.54, 1.807) is 11.3 Å². The van der Waals surface area contributed by atoms with Gasteiger partial charge in [-0.3, -0.25) is 10.1 Å². The van der Waals surface area contributed by atoms with Gasteiger partial charge < -0.3 is 14.8 Å². The Kier molecular flexibility index (Phi) is 7.39. The predicted octanol–water partition coefficient (Wildman–Crippen LogP) is 2.79. The number of amides is 1. The van der Waals surface area contributed by atoms with Gasteiger partial charge >= 0.3 is 0 Å². The van der Waals surface area contributed by atoms with Gasteiger partial charge in [0, 0.05) is 11.4 Å². The molecule has 2 N–H and O–H groups in total. The first-order chi connectivity index (χ1) is 13.7. The van der Waals surface area contributed by atoms with Crippen molar-refractivity contribution in [3.63, 3.8) is 0 Å². The molecule has 1 amide bonds. The van der Waals surface area contributed by atoms with Crippen LogP contribution in [0.3, 0.4) is 0 Å². The molecule has 28 heavy (non-hydrogen) atoms. The van der Waals surface area contributed by atoms with E-state index in [-0.39, 0.29) is 17.6 Å². The van der Waals surface area contributed by atoms with Gasteiger partial charge in [-0.1, -0.05) is 29.2 Å². The van der Waals surface area contributed by atoms with Crippen molar-refractivity contribution in [2.75, 3.05) is 37.2 Å². The average molecular weight is 439 g/mol. The summed E-state index contributed by atoms with van der Waals surface area (Å²) in [5.74, 6) is 0.624. The van der Waals surface area contributed by atoms with E-state index in [2.05, 4.69) is 42.2 Å². The summed E-state index contributed by atoms with van der Waals surface area (Å²) in [7, 11) is 2.95. The second kappa shape index (κ2) is 10.2. The minimum absolute atomic E-state index is 0.120. The highest BCUT2D eigenvalue weighted by molar-refractivity contribution is 8.01. The summed E-state index contributed by atoms with van der Waals surface area (Å²) in [6, 6.07) is 5.67. The van der Waals surface area contributed by atoms with Crippen molar-refractivity contribution >= 4 is 51.4 Å². The van der Waals surface area contributed by atoms with Crippen molar-refractivity contribution in [1.82, 2.24) is 20.2 Å². The van der Waals surface area contributed by atoms with E-state index in [1.165, 1.54) is 48.3 Å². The molecule has 0 aliphatic carbocycles. The van der Waals surface area contributed by atoms with Gasteiger partial charge in [-0.25, -0.2) is 0 Å². The maximum atomic E-state index is 12.1. The number of methoxy groups -OCH3 is 2. The molecule has 0 radical (unpaired) electrons. The van der Waals surface area contributed by atoms with Crippen molar-refractivity contribution in [3.05, 3.63) is 28.5 Å². The quantitative estimate of drug-likeness (QED) is 0.462. The zero-order chi connectivity index (χ0) is 19.8. The van der Waals surface area contributed by atoms with Gasteiger partial charge in [-0.05, 0) is 17.9 Å². The summed E-state index contributed by atoms with van der Waals surface area (Å²) in [6.45, 7) is 0.787. The molecule has 0 aliphatic heterocycles. The van der Waals surface area contributed by atoms with E-state index < -0.39 is 0 Å². The van der Waals surface area contributed by atoms with Crippen molar-refractivity contribution in [2.24, 2.45) is 0 Å². The second-order valence-corrected chi connectivity index (χ2v) is 8.47. The van der Waals surface area contributed by atoms with Gasteiger partial charge in [0.05, 0.1) is 26.0 Å². The molecule has 3 aromatic heterocycles. The predicted molar refractivity (Wildman–Crippen MR) is 111 cm³/mol. The molecule has 0 atom stereocenters. The Hall–Kier alpha value is -2.44. The summed E-state index contributed by atoms with van der Waals surface area (Å²) < 4.78 is 10.8. The topological polar surface area (TPSA) is 111 Å². The lowest BCUT2D eigenvalue weighted by Gasteiger charge is -2.07. The van der Waals surface area contributed by atoms with Crippen LogP contribution in [0.2, 0.25) is 0 Å². The molecule has 0 saturated heterocycles. The minimum atomic E-state index is -0.261. The molecule has 0 bridgehead atoms. The number of anilines is 2. The lowest BCUT2D eigenvalue weighted by atomic mass is 10.3. The summed E-state index contributed by atoms with van der Waals surface area (Å²) in [5.41, 5.74) is 0. The third-order valence-corrected chi connectivity index (χ3v) is 6.26. The summed E-state index contributed by atoms with van der Waals surface area (Å²) in [6.07, 6.45) is 0.937. The number of thiophene rings is 1. The normalized spacial score (nSPS) is 10.5. The average Bonchev–Trinajstić information content (AvgIpc) is 3.38. The largest absolute Gasteiger partial charge is 0.481 e. The molecule has 0 fully saturated rings. The highest BCUT2D eigenvalue weighted by Gasteiger charge is 2.11. The van der Waals surface area contributed by atoms with E-state index in [0.717, 1.165) is 18.1 Å². The standard InChI is InChI=1S/C16H18N6O3S3/c1-24-12-8-13(25-2)20-14(19-12)18-11(23)9-27-16-22-21-15(28-16)17-6-5-10-4-3-7-26-10/h3-4,7-8H,5-6,9H2,1-2H3,(H,17,21)(H,18,19,20,23). The molecule has 0 aromatic carbocycles. The van der Waals surface area contributed by atoms with Crippen LogP contribution in [0.5, 0.6) is 11.8 Å². The first kappa shape index (κ1) is 20.3. The number of carbonyl (C=O) groups is 1. The summed E-state index contributed by atoms with van der Waals surface area (Å²) in [5, 5.41) is 16.8. The summed E-state index contributed by atoms with van der Waals surface area (Å²) in [4.78, 5) is 21.6. The maximum absolute atomic E-state index is 12.1. The van der Waals surface area contributed by atoms with Crippen LogP contribution in [-0.4, -0.2) is 52.6 Å². The van der Waals surface area contributed by atoms with Crippen LogP contribution >= 0.6 is 34.4 Å². The lowest BCUT2D eigenvalue weighted by Crippen LogP contribution is -2.16. The maximum Gasteiger partial charge on any atom is 0.237 e. The molecule has 0 unspecified atom stereocenters. The zero-order valence-electron chi connectivity index (χ0n) is 15.2. The van der Waals surface area contributed by atoms with Gasteiger partial charge in [0.15, 0.2) is 4.34 Å². The van der Waals surface area contributed by atoms with Crippen LogP contribution in [-0.2, 0) is 11.2 Å². The van der Waals surface area contributed by atoms with Gasteiger partial charge in [0.25, 0.3) is 0 Å². The Morgan fingerprint density at radius 1 is 1.21 bits per heavy atom. The Morgan fingerprint density at radius 2 is 2.00 bits per heavy atom. The van der Waals surface area contributed by atoms with Crippen LogP contribution in [0.1, 0.15) is 4.88 Å². The van der Waals surface area contributed by atoms with E-state index in [1.807, 2.05) is 6.07 Å². The third kappa shape index (κ3) is 6.04. The molecule has 0 aliphatic rings. The molecule has 3 rings (SSSR count). The Bertz CT molecular complexity index is 881. The van der Waals surface area contributed by atoms with Gasteiger partial charge in [-0.15, -0.1) is 21.5 Å². The Morgan fingerprint density at radius 3 is 2.68 bits per heavy atom. The highest BCUT2D eigenvalue weighted by atomic mass is 32.2. The van der Waals surface area contributed by atoms with Crippen molar-refractivity contribution < 1.29 is 14.3 Å². The van der Waals surface area contributed by atoms with Gasteiger partial charge in [0.2, 0.25) is 28.7 Å². The van der Waals surface area contributed by atoms with E-state index >= 15 is 0 Å². The monoisotopic (exact) mass is 438 g/mol. The number of rotatable bonds is 10. The van der Waals surface area contributed by atoms with Crippen molar-refractivity contribution in [3.8, 4) is 11.8 Å². The number of nitrogens with one attached hydrogen (secondary N) is 2. The second-order valence-electron chi connectivity index (χ2n) is 5.24. The number of nitrogens with zero attached hydrogens (tertiary/aromatic N) is 4. The fourth-order valence-corrected chi connectivity index (χ4v) is 4.33. The number of ether oxygens (including phenoxy) is 2. The fraction of sp³-hybridized carbons (Fsp3) is 0.312. The Labute approximate surface area is 173 Å². The van der Waals surface area contributed by atoms with E-state index in [0.29, 0.717) is 16.1 Å². The number of hydrogen-bond acceptors (Lipinski definition) is 11. The van der Waals surface area contributed by atoms with Crippen LogP contribution in [0.15, 0.2) is 27.9 Å². The smallest absolute Gasteiger partial charge is 0.237 e. The van der Waals surface area contributed by atoms with Crippen LogP contribution < -0.4 is 20.1 Å². The highest BCUT2D eigenvalue weighted by Crippen LogP contribution is 2.25. The molecular weight excluding hydrogens is 420 g/mol. The molecule has 3 aromatic rings. The first-order valence-corrected chi connectivity index (χ1v) is 10.8. The van der Waals surface area contributed by atoms with Crippen LogP contribution in [0.4, 0.5) is 11.1 Å². The zero-order valence-corrected chi connectivity index (χ0v) is 17.6. The molecule has 0 saturated carbocycles. The fourth-order valence-electron chi connectivity index (χ4n) is 2.04.